The number of anilines is 1. The molecule has 2 aromatic heterocycles. The van der Waals surface area contributed by atoms with E-state index in [0.29, 0.717) is 12.5 Å². The molecule has 4 aromatic rings. The van der Waals surface area contributed by atoms with Gasteiger partial charge in [-0.05, 0) is 42.2 Å². The average molecular weight is 509 g/mol. The van der Waals surface area contributed by atoms with Gasteiger partial charge in [0, 0.05) is 39.1 Å². The summed E-state index contributed by atoms with van der Waals surface area (Å²) in [6, 6.07) is 15.5. The topological polar surface area (TPSA) is 50.1 Å². The lowest BCUT2D eigenvalue weighted by molar-refractivity contribution is -0.137. The van der Waals surface area contributed by atoms with Gasteiger partial charge in [0.25, 0.3) is 0 Å². The first-order valence-corrected chi connectivity index (χ1v) is 12.7. The first kappa shape index (κ1) is 25.2. The summed E-state index contributed by atoms with van der Waals surface area (Å²) in [5.74, 6) is 2.13. The molecule has 5 rings (SSSR count). The van der Waals surface area contributed by atoms with Crippen LogP contribution in [-0.2, 0) is 19.1 Å². The van der Waals surface area contributed by atoms with E-state index in [-0.39, 0.29) is 0 Å². The molecule has 1 fully saturated rings. The molecular formula is C28H31F3N6. The molecule has 0 radical (unpaired) electrons. The van der Waals surface area contributed by atoms with Gasteiger partial charge in [0.1, 0.15) is 11.6 Å². The van der Waals surface area contributed by atoms with E-state index in [1.54, 1.807) is 12.1 Å². The lowest BCUT2D eigenvalue weighted by Gasteiger charge is -2.24. The van der Waals surface area contributed by atoms with Crippen LogP contribution in [0.4, 0.5) is 19.0 Å². The number of nitrogens with zero attached hydrogens (tertiary/aromatic N) is 6. The van der Waals surface area contributed by atoms with Gasteiger partial charge in [-0.1, -0.05) is 44.2 Å². The van der Waals surface area contributed by atoms with Crippen molar-refractivity contribution in [3.05, 3.63) is 77.7 Å². The minimum Gasteiger partial charge on any atom is -0.355 e. The number of alkyl halides is 3. The summed E-state index contributed by atoms with van der Waals surface area (Å²) in [5, 5.41) is 5.58. The van der Waals surface area contributed by atoms with E-state index in [0.717, 1.165) is 85.1 Å². The molecule has 1 aliphatic heterocycles. The molecule has 0 atom stereocenters. The summed E-state index contributed by atoms with van der Waals surface area (Å²) >= 11 is 0. The highest BCUT2D eigenvalue weighted by Gasteiger charge is 2.30. The second-order valence-corrected chi connectivity index (χ2v) is 10.0. The summed E-state index contributed by atoms with van der Waals surface area (Å²) in [6.07, 6.45) is -0.760. The quantitative estimate of drug-likeness (QED) is 0.332. The van der Waals surface area contributed by atoms with Crippen LogP contribution in [-0.4, -0.2) is 50.8 Å². The summed E-state index contributed by atoms with van der Waals surface area (Å²) in [6.45, 7) is 8.21. The molecular weight excluding hydrogens is 477 g/mol. The van der Waals surface area contributed by atoms with Gasteiger partial charge in [-0.3, -0.25) is 4.90 Å². The Hall–Kier alpha value is -3.46. The van der Waals surface area contributed by atoms with Crippen molar-refractivity contribution in [3.8, 4) is 5.69 Å². The molecule has 0 saturated carbocycles. The predicted molar refractivity (Wildman–Crippen MR) is 139 cm³/mol. The second kappa shape index (κ2) is 10.5. The van der Waals surface area contributed by atoms with Crippen LogP contribution < -0.4 is 4.90 Å². The van der Waals surface area contributed by atoms with E-state index < -0.39 is 11.7 Å². The number of hydrogen-bond acceptors (Lipinski definition) is 5. The molecule has 0 N–H and O–H groups in total. The molecule has 1 saturated heterocycles. The van der Waals surface area contributed by atoms with Crippen LogP contribution in [0.3, 0.4) is 0 Å². The van der Waals surface area contributed by atoms with Crippen molar-refractivity contribution in [3.63, 3.8) is 0 Å². The fourth-order valence-corrected chi connectivity index (χ4v) is 4.79. The number of aromatic nitrogens is 4. The Morgan fingerprint density at radius 3 is 2.35 bits per heavy atom. The smallest absolute Gasteiger partial charge is 0.355 e. The van der Waals surface area contributed by atoms with Gasteiger partial charge in [0.05, 0.1) is 22.8 Å². The van der Waals surface area contributed by atoms with E-state index in [9.17, 15) is 13.2 Å². The number of halogens is 3. The van der Waals surface area contributed by atoms with Gasteiger partial charge in [0.15, 0.2) is 5.65 Å². The first-order chi connectivity index (χ1) is 17.8. The molecule has 37 heavy (non-hydrogen) atoms. The molecule has 0 spiro atoms. The third kappa shape index (κ3) is 5.77. The van der Waals surface area contributed by atoms with Gasteiger partial charge < -0.3 is 4.90 Å². The minimum atomic E-state index is -4.31. The fraction of sp³-hybridized carbons (Fsp3) is 0.393. The fourth-order valence-electron chi connectivity index (χ4n) is 4.79. The van der Waals surface area contributed by atoms with E-state index in [2.05, 4.69) is 28.7 Å². The Morgan fingerprint density at radius 1 is 0.892 bits per heavy atom. The van der Waals surface area contributed by atoms with Crippen molar-refractivity contribution < 1.29 is 13.2 Å². The Bertz CT molecular complexity index is 1330. The minimum absolute atomic E-state index is 0.418. The van der Waals surface area contributed by atoms with Crippen LogP contribution in [0.25, 0.3) is 16.7 Å². The third-order valence-corrected chi connectivity index (χ3v) is 6.62. The summed E-state index contributed by atoms with van der Waals surface area (Å²) < 4.78 is 40.6. The van der Waals surface area contributed by atoms with Crippen molar-refractivity contribution >= 4 is 16.9 Å². The van der Waals surface area contributed by atoms with E-state index in [1.807, 2.05) is 41.2 Å². The highest BCUT2D eigenvalue weighted by molar-refractivity contribution is 5.88. The van der Waals surface area contributed by atoms with Crippen LogP contribution in [0.2, 0.25) is 0 Å². The Balaban J connectivity index is 1.38. The maximum atomic E-state index is 12.9. The second-order valence-electron chi connectivity index (χ2n) is 10.0. The third-order valence-electron chi connectivity index (χ3n) is 6.62. The van der Waals surface area contributed by atoms with Gasteiger partial charge >= 0.3 is 6.18 Å². The lowest BCUT2D eigenvalue weighted by atomic mass is 10.1. The monoisotopic (exact) mass is 508 g/mol. The number of benzene rings is 2. The number of hydrogen-bond donors (Lipinski definition) is 0. The number of fused-ring (bicyclic) bond motifs is 1. The van der Waals surface area contributed by atoms with Crippen molar-refractivity contribution in [1.29, 1.82) is 0 Å². The summed E-state index contributed by atoms with van der Waals surface area (Å²) in [5.41, 5.74) is 2.03. The predicted octanol–water partition coefficient (Wildman–Crippen LogP) is 5.75. The SMILES string of the molecule is CC(C)Cc1nc(N2CCCN(Cc3ccc(C(F)(F)F)cc3)CC2)c2cnn(-c3ccccc3)c2n1. The largest absolute Gasteiger partial charge is 0.416 e. The van der Waals surface area contributed by atoms with Crippen molar-refractivity contribution in [2.75, 3.05) is 31.1 Å². The Kier molecular flexibility index (Phi) is 7.15. The molecule has 6 nitrogen and oxygen atoms in total. The van der Waals surface area contributed by atoms with Crippen LogP contribution in [0.15, 0.2) is 60.8 Å². The molecule has 0 amide bonds. The van der Waals surface area contributed by atoms with Gasteiger partial charge in [0.2, 0.25) is 0 Å². The normalized spacial score (nSPS) is 15.5. The Morgan fingerprint density at radius 2 is 1.65 bits per heavy atom. The molecule has 9 heteroatoms. The zero-order valence-electron chi connectivity index (χ0n) is 21.1. The van der Waals surface area contributed by atoms with Crippen molar-refractivity contribution in [1.82, 2.24) is 24.6 Å². The molecule has 0 aliphatic carbocycles. The lowest BCUT2D eigenvalue weighted by Crippen LogP contribution is -2.31. The molecule has 194 valence electrons. The summed E-state index contributed by atoms with van der Waals surface area (Å²) in [4.78, 5) is 14.5. The van der Waals surface area contributed by atoms with Gasteiger partial charge in [-0.25, -0.2) is 14.6 Å². The molecule has 2 aromatic carbocycles. The Labute approximate surface area is 214 Å². The average Bonchev–Trinajstić information content (AvgIpc) is 3.15. The van der Waals surface area contributed by atoms with E-state index >= 15 is 0 Å². The van der Waals surface area contributed by atoms with E-state index in [4.69, 9.17) is 9.97 Å². The van der Waals surface area contributed by atoms with Crippen LogP contribution in [0.5, 0.6) is 0 Å². The maximum Gasteiger partial charge on any atom is 0.416 e. The van der Waals surface area contributed by atoms with E-state index in [1.165, 1.54) is 0 Å². The van der Waals surface area contributed by atoms with Gasteiger partial charge in [-0.15, -0.1) is 0 Å². The molecule has 0 bridgehead atoms. The van der Waals surface area contributed by atoms with Crippen LogP contribution in [0, 0.1) is 5.92 Å². The number of rotatable bonds is 6. The van der Waals surface area contributed by atoms with Crippen LogP contribution in [0.1, 0.15) is 37.2 Å². The van der Waals surface area contributed by atoms with Crippen molar-refractivity contribution in [2.24, 2.45) is 5.92 Å². The maximum absolute atomic E-state index is 12.9. The highest BCUT2D eigenvalue weighted by Crippen LogP contribution is 2.30. The number of para-hydroxylation sites is 1. The first-order valence-electron chi connectivity index (χ1n) is 12.7. The summed E-state index contributed by atoms with van der Waals surface area (Å²) in [7, 11) is 0. The zero-order chi connectivity index (χ0) is 26.0. The molecule has 1 aliphatic rings. The van der Waals surface area contributed by atoms with Gasteiger partial charge in [-0.2, -0.15) is 18.3 Å². The van der Waals surface area contributed by atoms with Crippen LogP contribution >= 0.6 is 0 Å². The highest BCUT2D eigenvalue weighted by atomic mass is 19.4. The standard InChI is InChI=1S/C28H31F3N6/c1-20(2)17-25-33-26(24-18-32-37(27(24)34-25)23-7-4-3-5-8-23)36-14-6-13-35(15-16-36)19-21-9-11-22(12-10-21)28(29,30)31/h3-5,7-12,18,20H,6,13-17,19H2,1-2H3. The molecule has 3 heterocycles. The zero-order valence-corrected chi connectivity index (χ0v) is 21.1. The van der Waals surface area contributed by atoms with Crippen molar-refractivity contribution in [2.45, 2.75) is 39.4 Å². The molecule has 0 unspecified atom stereocenters.